The summed E-state index contributed by atoms with van der Waals surface area (Å²) >= 11 is 3.29. The topological polar surface area (TPSA) is 22.0 Å². The first-order valence-corrected chi connectivity index (χ1v) is 4.24. The van der Waals surface area contributed by atoms with Gasteiger partial charge in [0.15, 0.2) is 0 Å². The van der Waals surface area contributed by atoms with E-state index in [-0.39, 0.29) is 5.56 Å². The standard InChI is InChI=1S/C9H8BrNO/c1-3-4-11-6-8(10)5-7(2)9(11)12/h1,5-6H,4H2,2H3. The molecule has 0 aromatic carbocycles. The predicted octanol–water partition coefficient (Wildman–Crippen LogP) is 1.55. The molecule has 0 fully saturated rings. The van der Waals surface area contributed by atoms with Crippen molar-refractivity contribution in [1.82, 2.24) is 4.57 Å². The summed E-state index contributed by atoms with van der Waals surface area (Å²) in [6.07, 6.45) is 6.79. The third-order valence-corrected chi connectivity index (χ3v) is 1.93. The molecule has 62 valence electrons. The Morgan fingerprint density at radius 3 is 3.00 bits per heavy atom. The van der Waals surface area contributed by atoms with Crippen LogP contribution < -0.4 is 5.56 Å². The van der Waals surface area contributed by atoms with Gasteiger partial charge in [0.1, 0.15) is 0 Å². The fourth-order valence-electron chi connectivity index (χ4n) is 0.956. The highest BCUT2D eigenvalue weighted by atomic mass is 79.9. The van der Waals surface area contributed by atoms with E-state index in [0.29, 0.717) is 12.1 Å². The van der Waals surface area contributed by atoms with Gasteiger partial charge in [-0.25, -0.2) is 0 Å². The molecule has 0 aliphatic rings. The molecule has 0 amide bonds. The van der Waals surface area contributed by atoms with Gasteiger partial charge in [0, 0.05) is 16.2 Å². The van der Waals surface area contributed by atoms with Crippen LogP contribution in [0.2, 0.25) is 0 Å². The van der Waals surface area contributed by atoms with E-state index >= 15 is 0 Å². The normalized spacial score (nSPS) is 9.42. The lowest BCUT2D eigenvalue weighted by Gasteiger charge is -2.02. The minimum Gasteiger partial charge on any atom is -0.303 e. The lowest BCUT2D eigenvalue weighted by molar-refractivity contribution is 0.784. The molecule has 0 N–H and O–H groups in total. The predicted molar refractivity (Wildman–Crippen MR) is 52.0 cm³/mol. The molecule has 0 aliphatic carbocycles. The van der Waals surface area contributed by atoms with E-state index in [2.05, 4.69) is 21.9 Å². The molecule has 1 heterocycles. The summed E-state index contributed by atoms with van der Waals surface area (Å²) in [5.74, 6) is 2.42. The van der Waals surface area contributed by atoms with E-state index in [1.54, 1.807) is 19.2 Å². The van der Waals surface area contributed by atoms with E-state index in [1.165, 1.54) is 4.57 Å². The third kappa shape index (κ3) is 1.77. The van der Waals surface area contributed by atoms with Gasteiger partial charge in [0.2, 0.25) is 0 Å². The highest BCUT2D eigenvalue weighted by molar-refractivity contribution is 9.10. The quantitative estimate of drug-likeness (QED) is 0.666. The number of hydrogen-bond donors (Lipinski definition) is 0. The summed E-state index contributed by atoms with van der Waals surface area (Å²) in [6.45, 7) is 2.08. The van der Waals surface area contributed by atoms with Crippen LogP contribution in [0, 0.1) is 19.3 Å². The number of rotatable bonds is 1. The summed E-state index contributed by atoms with van der Waals surface area (Å²) in [4.78, 5) is 11.4. The molecule has 0 radical (unpaired) electrons. The van der Waals surface area contributed by atoms with Crippen molar-refractivity contribution in [2.45, 2.75) is 13.5 Å². The second kappa shape index (κ2) is 3.59. The third-order valence-electron chi connectivity index (χ3n) is 1.49. The van der Waals surface area contributed by atoms with Crippen molar-refractivity contribution in [3.63, 3.8) is 0 Å². The molecule has 1 rings (SSSR count). The molecule has 12 heavy (non-hydrogen) atoms. The molecule has 0 atom stereocenters. The van der Waals surface area contributed by atoms with Crippen molar-refractivity contribution in [2.24, 2.45) is 0 Å². The number of nitrogens with zero attached hydrogens (tertiary/aromatic N) is 1. The van der Waals surface area contributed by atoms with Crippen LogP contribution >= 0.6 is 15.9 Å². The molecule has 0 spiro atoms. The summed E-state index contributed by atoms with van der Waals surface area (Å²) in [6, 6.07) is 1.77. The maximum Gasteiger partial charge on any atom is 0.254 e. The SMILES string of the molecule is C#CCn1cc(Br)cc(C)c1=O. The maximum absolute atomic E-state index is 11.4. The van der Waals surface area contributed by atoms with Crippen molar-refractivity contribution in [2.75, 3.05) is 0 Å². The van der Waals surface area contributed by atoms with Gasteiger partial charge < -0.3 is 4.57 Å². The summed E-state index contributed by atoms with van der Waals surface area (Å²) < 4.78 is 2.37. The average Bonchev–Trinajstić information content (AvgIpc) is 2.00. The number of terminal acetylenes is 1. The number of aryl methyl sites for hydroxylation is 1. The van der Waals surface area contributed by atoms with Crippen LogP contribution in [0.15, 0.2) is 21.5 Å². The van der Waals surface area contributed by atoms with Gasteiger partial charge in [0.25, 0.3) is 5.56 Å². The molecule has 1 aromatic heterocycles. The van der Waals surface area contributed by atoms with Crippen LogP contribution in [0.25, 0.3) is 0 Å². The van der Waals surface area contributed by atoms with Gasteiger partial charge in [-0.2, -0.15) is 0 Å². The van der Waals surface area contributed by atoms with Crippen molar-refractivity contribution in [1.29, 1.82) is 0 Å². The molecule has 0 aliphatic heterocycles. The minimum absolute atomic E-state index is 0.0313. The lowest BCUT2D eigenvalue weighted by atomic mass is 10.3. The van der Waals surface area contributed by atoms with Crippen molar-refractivity contribution < 1.29 is 0 Å². The van der Waals surface area contributed by atoms with E-state index in [1.807, 2.05) is 0 Å². The molecule has 0 bridgehead atoms. The van der Waals surface area contributed by atoms with Gasteiger partial charge in [-0.05, 0) is 28.9 Å². The van der Waals surface area contributed by atoms with Crippen LogP contribution in [0.1, 0.15) is 5.56 Å². The fourth-order valence-corrected chi connectivity index (χ4v) is 1.55. The summed E-state index contributed by atoms with van der Waals surface area (Å²) in [7, 11) is 0. The van der Waals surface area contributed by atoms with Gasteiger partial charge in [-0.15, -0.1) is 6.42 Å². The number of halogens is 1. The molecule has 3 heteroatoms. The Labute approximate surface area is 79.3 Å². The molecular weight excluding hydrogens is 218 g/mol. The molecule has 2 nitrogen and oxygen atoms in total. The first-order chi connectivity index (χ1) is 5.65. The zero-order chi connectivity index (χ0) is 9.14. The Morgan fingerprint density at radius 1 is 1.75 bits per heavy atom. The zero-order valence-electron chi connectivity index (χ0n) is 6.67. The Hall–Kier alpha value is -1.01. The van der Waals surface area contributed by atoms with Crippen LogP contribution in [-0.4, -0.2) is 4.57 Å². The largest absolute Gasteiger partial charge is 0.303 e. The Morgan fingerprint density at radius 2 is 2.42 bits per heavy atom. The molecule has 0 saturated carbocycles. The first-order valence-electron chi connectivity index (χ1n) is 3.45. The number of pyridine rings is 1. The zero-order valence-corrected chi connectivity index (χ0v) is 8.26. The van der Waals surface area contributed by atoms with E-state index in [9.17, 15) is 4.79 Å². The van der Waals surface area contributed by atoms with Gasteiger partial charge in [-0.3, -0.25) is 4.79 Å². The maximum atomic E-state index is 11.4. The monoisotopic (exact) mass is 225 g/mol. The lowest BCUT2D eigenvalue weighted by Crippen LogP contribution is -2.20. The Balaban J connectivity index is 3.30. The van der Waals surface area contributed by atoms with E-state index in [4.69, 9.17) is 6.42 Å². The van der Waals surface area contributed by atoms with Gasteiger partial charge >= 0.3 is 0 Å². The first kappa shape index (κ1) is 9.08. The Kier molecular flexibility index (Phi) is 2.72. The molecular formula is C9H8BrNO. The van der Waals surface area contributed by atoms with Crippen molar-refractivity contribution in [3.05, 3.63) is 32.7 Å². The summed E-state index contributed by atoms with van der Waals surface area (Å²) in [5.41, 5.74) is 0.663. The highest BCUT2D eigenvalue weighted by Gasteiger charge is 1.99. The van der Waals surface area contributed by atoms with Crippen molar-refractivity contribution >= 4 is 15.9 Å². The van der Waals surface area contributed by atoms with Crippen LogP contribution in [0.5, 0.6) is 0 Å². The Bertz CT molecular complexity index is 386. The van der Waals surface area contributed by atoms with E-state index < -0.39 is 0 Å². The second-order valence-electron chi connectivity index (χ2n) is 2.48. The van der Waals surface area contributed by atoms with Crippen LogP contribution in [0.4, 0.5) is 0 Å². The molecule has 0 unspecified atom stereocenters. The fraction of sp³-hybridized carbons (Fsp3) is 0.222. The van der Waals surface area contributed by atoms with Gasteiger partial charge in [0.05, 0.1) is 6.54 Å². The highest BCUT2D eigenvalue weighted by Crippen LogP contribution is 2.07. The molecule has 0 saturated heterocycles. The minimum atomic E-state index is -0.0313. The van der Waals surface area contributed by atoms with Crippen molar-refractivity contribution in [3.8, 4) is 12.3 Å². The molecule has 1 aromatic rings. The van der Waals surface area contributed by atoms with Gasteiger partial charge in [-0.1, -0.05) is 5.92 Å². The van der Waals surface area contributed by atoms with E-state index in [0.717, 1.165) is 4.47 Å². The van der Waals surface area contributed by atoms with Crippen LogP contribution in [-0.2, 0) is 6.54 Å². The number of aromatic nitrogens is 1. The summed E-state index contributed by atoms with van der Waals surface area (Å²) in [5, 5.41) is 0. The smallest absolute Gasteiger partial charge is 0.254 e. The van der Waals surface area contributed by atoms with Crippen LogP contribution in [0.3, 0.4) is 0 Å². The average molecular weight is 226 g/mol. The second-order valence-corrected chi connectivity index (χ2v) is 3.39. The number of hydrogen-bond acceptors (Lipinski definition) is 1.